The van der Waals surface area contributed by atoms with E-state index in [1.807, 2.05) is 35.2 Å². The zero-order valence-electron chi connectivity index (χ0n) is 15.2. The van der Waals surface area contributed by atoms with Crippen LogP contribution in [0.15, 0.2) is 30.3 Å². The first-order valence-electron chi connectivity index (χ1n) is 8.53. The summed E-state index contributed by atoms with van der Waals surface area (Å²) in [6.45, 7) is 6.50. The standard InChI is InChI=1S/C17H25F5N2OSi/c1-26(2,3)25-15(16(18,19)17(20,21)22)24-11-9-23(10-12-24)13-14-7-5-4-6-8-14/h4-8,15H,9-13H2,1-3H3. The first kappa shape index (κ1) is 21.3. The molecule has 1 aliphatic rings. The first-order chi connectivity index (χ1) is 11.9. The number of rotatable bonds is 6. The summed E-state index contributed by atoms with van der Waals surface area (Å²) < 4.78 is 72.2. The van der Waals surface area contributed by atoms with Gasteiger partial charge in [-0.3, -0.25) is 9.80 Å². The maximum atomic E-state index is 14.1. The van der Waals surface area contributed by atoms with Crippen molar-refractivity contribution >= 4 is 8.32 Å². The van der Waals surface area contributed by atoms with Crippen molar-refractivity contribution in [2.45, 2.75) is 44.5 Å². The predicted molar refractivity (Wildman–Crippen MR) is 92.5 cm³/mol. The normalized spacial score (nSPS) is 19.5. The van der Waals surface area contributed by atoms with Crippen molar-refractivity contribution in [1.82, 2.24) is 9.80 Å². The van der Waals surface area contributed by atoms with Crippen LogP contribution in [-0.2, 0) is 11.0 Å². The lowest BCUT2D eigenvalue weighted by atomic mass is 10.2. The van der Waals surface area contributed by atoms with Crippen molar-refractivity contribution in [1.29, 1.82) is 0 Å². The number of hydrogen-bond acceptors (Lipinski definition) is 3. The Balaban J connectivity index is 2.06. The van der Waals surface area contributed by atoms with Crippen LogP contribution in [0.4, 0.5) is 22.0 Å². The van der Waals surface area contributed by atoms with E-state index >= 15 is 0 Å². The van der Waals surface area contributed by atoms with Gasteiger partial charge in [-0.25, -0.2) is 0 Å². The van der Waals surface area contributed by atoms with E-state index in [4.69, 9.17) is 4.43 Å². The molecule has 0 radical (unpaired) electrons. The van der Waals surface area contributed by atoms with Crippen LogP contribution in [0.25, 0.3) is 0 Å². The van der Waals surface area contributed by atoms with Gasteiger partial charge >= 0.3 is 12.1 Å². The number of alkyl halides is 5. The zero-order valence-corrected chi connectivity index (χ0v) is 16.2. The largest absolute Gasteiger partial charge is 0.457 e. The van der Waals surface area contributed by atoms with Crippen molar-refractivity contribution < 1.29 is 26.4 Å². The van der Waals surface area contributed by atoms with Gasteiger partial charge in [0.2, 0.25) is 0 Å². The number of hydrogen-bond donors (Lipinski definition) is 0. The second-order valence-electron chi connectivity index (χ2n) is 7.50. The Bertz CT molecular complexity index is 569. The van der Waals surface area contributed by atoms with E-state index in [0.717, 1.165) is 10.5 Å². The summed E-state index contributed by atoms with van der Waals surface area (Å²) in [6.07, 6.45) is -7.91. The lowest BCUT2D eigenvalue weighted by molar-refractivity contribution is -0.331. The van der Waals surface area contributed by atoms with Gasteiger partial charge < -0.3 is 4.43 Å². The molecule has 0 amide bonds. The van der Waals surface area contributed by atoms with Gasteiger partial charge in [0.15, 0.2) is 14.5 Å². The number of nitrogens with zero attached hydrogens (tertiary/aromatic N) is 2. The Morgan fingerprint density at radius 3 is 1.96 bits per heavy atom. The minimum Gasteiger partial charge on any atom is -0.397 e. The summed E-state index contributed by atoms with van der Waals surface area (Å²) in [7, 11) is -2.61. The van der Waals surface area contributed by atoms with Gasteiger partial charge in [0.1, 0.15) is 0 Å². The van der Waals surface area contributed by atoms with Crippen molar-refractivity contribution in [3.8, 4) is 0 Å². The van der Waals surface area contributed by atoms with Crippen LogP contribution in [-0.4, -0.2) is 62.6 Å². The van der Waals surface area contributed by atoms with Crippen LogP contribution in [0.2, 0.25) is 19.6 Å². The van der Waals surface area contributed by atoms with Crippen molar-refractivity contribution in [2.24, 2.45) is 0 Å². The molecule has 1 fully saturated rings. The molecule has 0 bridgehead atoms. The van der Waals surface area contributed by atoms with E-state index < -0.39 is 26.6 Å². The molecule has 1 unspecified atom stereocenters. The molecule has 0 N–H and O–H groups in total. The Morgan fingerprint density at radius 2 is 1.50 bits per heavy atom. The molecular formula is C17H25F5N2OSi. The highest BCUT2D eigenvalue weighted by atomic mass is 28.4. The summed E-state index contributed by atoms with van der Waals surface area (Å²) >= 11 is 0. The fraction of sp³-hybridized carbons (Fsp3) is 0.647. The van der Waals surface area contributed by atoms with Gasteiger partial charge in [0.25, 0.3) is 0 Å². The highest BCUT2D eigenvalue weighted by Crippen LogP contribution is 2.41. The van der Waals surface area contributed by atoms with E-state index in [1.54, 1.807) is 19.6 Å². The third-order valence-electron chi connectivity index (χ3n) is 4.14. The van der Waals surface area contributed by atoms with Gasteiger partial charge in [-0.2, -0.15) is 22.0 Å². The minimum atomic E-state index is -5.64. The molecule has 3 nitrogen and oxygen atoms in total. The Labute approximate surface area is 151 Å². The maximum Gasteiger partial charge on any atom is 0.457 e. The lowest BCUT2D eigenvalue weighted by Gasteiger charge is -2.44. The average Bonchev–Trinajstić information content (AvgIpc) is 2.52. The van der Waals surface area contributed by atoms with Crippen LogP contribution >= 0.6 is 0 Å². The van der Waals surface area contributed by atoms with Gasteiger partial charge in [0.05, 0.1) is 0 Å². The number of piperazine rings is 1. The summed E-state index contributed by atoms with van der Waals surface area (Å²) in [5.74, 6) is -4.91. The van der Waals surface area contributed by atoms with Crippen LogP contribution in [0, 0.1) is 0 Å². The van der Waals surface area contributed by atoms with Crippen molar-refractivity contribution in [2.75, 3.05) is 26.2 Å². The van der Waals surface area contributed by atoms with Crippen molar-refractivity contribution in [3.05, 3.63) is 35.9 Å². The molecule has 2 rings (SSSR count). The van der Waals surface area contributed by atoms with Gasteiger partial charge in [0, 0.05) is 32.7 Å². The Kier molecular flexibility index (Phi) is 6.47. The molecule has 26 heavy (non-hydrogen) atoms. The molecule has 0 spiro atoms. The van der Waals surface area contributed by atoms with Crippen molar-refractivity contribution in [3.63, 3.8) is 0 Å². The van der Waals surface area contributed by atoms with E-state index in [9.17, 15) is 22.0 Å². The molecule has 1 saturated heterocycles. The predicted octanol–water partition coefficient (Wildman–Crippen LogP) is 4.18. The SMILES string of the molecule is C[Si](C)(C)OC(N1CCN(Cc2ccccc2)CC1)C(F)(F)C(F)(F)F. The molecule has 1 aliphatic heterocycles. The Morgan fingerprint density at radius 1 is 0.962 bits per heavy atom. The average molecular weight is 396 g/mol. The second-order valence-corrected chi connectivity index (χ2v) is 12.0. The molecule has 148 valence electrons. The summed E-state index contributed by atoms with van der Waals surface area (Å²) in [6, 6.07) is 9.64. The third kappa shape index (κ3) is 5.48. The molecule has 1 heterocycles. The van der Waals surface area contributed by atoms with Crippen LogP contribution in [0.5, 0.6) is 0 Å². The quantitative estimate of drug-likeness (QED) is 0.530. The fourth-order valence-electron chi connectivity index (χ4n) is 2.85. The molecule has 0 aromatic heterocycles. The Hall–Kier alpha value is -1.03. The van der Waals surface area contributed by atoms with E-state index in [1.165, 1.54) is 0 Å². The van der Waals surface area contributed by atoms with Gasteiger partial charge in [-0.15, -0.1) is 0 Å². The van der Waals surface area contributed by atoms with E-state index in [0.29, 0.717) is 19.6 Å². The molecule has 9 heteroatoms. The van der Waals surface area contributed by atoms with E-state index in [-0.39, 0.29) is 13.1 Å². The maximum absolute atomic E-state index is 14.1. The molecular weight excluding hydrogens is 371 g/mol. The lowest BCUT2D eigenvalue weighted by Crippen LogP contribution is -2.62. The summed E-state index contributed by atoms with van der Waals surface area (Å²) in [5.41, 5.74) is 1.08. The highest BCUT2D eigenvalue weighted by Gasteiger charge is 2.65. The fourth-order valence-corrected chi connectivity index (χ4v) is 3.82. The van der Waals surface area contributed by atoms with Gasteiger partial charge in [-0.05, 0) is 25.2 Å². The number of halogens is 5. The monoisotopic (exact) mass is 396 g/mol. The van der Waals surface area contributed by atoms with Crippen LogP contribution in [0.1, 0.15) is 5.56 Å². The first-order valence-corrected chi connectivity index (χ1v) is 11.9. The topological polar surface area (TPSA) is 15.7 Å². The highest BCUT2D eigenvalue weighted by molar-refractivity contribution is 6.69. The summed E-state index contributed by atoms with van der Waals surface area (Å²) in [4.78, 5) is 3.18. The molecule has 1 aromatic carbocycles. The molecule has 1 atom stereocenters. The summed E-state index contributed by atoms with van der Waals surface area (Å²) in [5, 5.41) is 0. The third-order valence-corrected chi connectivity index (χ3v) is 5.07. The second kappa shape index (κ2) is 7.91. The number of benzene rings is 1. The van der Waals surface area contributed by atoms with Gasteiger partial charge in [-0.1, -0.05) is 30.3 Å². The smallest absolute Gasteiger partial charge is 0.397 e. The minimum absolute atomic E-state index is 0.105. The van der Waals surface area contributed by atoms with E-state index in [2.05, 4.69) is 0 Å². The zero-order chi connectivity index (χ0) is 19.6. The van der Waals surface area contributed by atoms with Crippen LogP contribution < -0.4 is 0 Å². The molecule has 0 saturated carbocycles. The molecule has 0 aliphatic carbocycles. The van der Waals surface area contributed by atoms with Crippen LogP contribution in [0.3, 0.4) is 0 Å². The molecule has 1 aromatic rings.